The summed E-state index contributed by atoms with van der Waals surface area (Å²) in [7, 11) is 0. The van der Waals surface area contributed by atoms with Gasteiger partial charge in [0.25, 0.3) is 11.5 Å². The maximum atomic E-state index is 13.2. The number of rotatable bonds is 5. The van der Waals surface area contributed by atoms with Crippen LogP contribution >= 0.6 is 11.6 Å². The average Bonchev–Trinajstić information content (AvgIpc) is 2.73. The van der Waals surface area contributed by atoms with Crippen molar-refractivity contribution in [1.82, 2.24) is 14.9 Å². The Balaban J connectivity index is 1.71. The Bertz CT molecular complexity index is 1320. The predicted molar refractivity (Wildman–Crippen MR) is 118 cm³/mol. The number of carbonyl (C=O) groups is 1. The number of aromatic nitrogens is 2. The van der Waals surface area contributed by atoms with Crippen molar-refractivity contribution in [2.45, 2.75) is 19.9 Å². The number of phenolic OH excluding ortho intramolecular Hbond substituents is 1. The van der Waals surface area contributed by atoms with Crippen molar-refractivity contribution < 1.29 is 9.90 Å². The first kappa shape index (κ1) is 19.9. The average molecular weight is 422 g/mol. The van der Waals surface area contributed by atoms with Gasteiger partial charge in [0.1, 0.15) is 11.6 Å². The maximum absolute atomic E-state index is 13.2. The van der Waals surface area contributed by atoms with Crippen molar-refractivity contribution in [3.63, 3.8) is 0 Å². The number of hydrogen-bond acceptors (Lipinski definition) is 4. The second kappa shape index (κ2) is 8.16. The van der Waals surface area contributed by atoms with Gasteiger partial charge in [-0.05, 0) is 36.1 Å². The van der Waals surface area contributed by atoms with Crippen molar-refractivity contribution in [3.05, 3.63) is 81.4 Å². The molecule has 0 saturated heterocycles. The van der Waals surface area contributed by atoms with E-state index in [0.29, 0.717) is 40.1 Å². The Morgan fingerprint density at radius 1 is 1.13 bits per heavy atom. The van der Waals surface area contributed by atoms with Gasteiger partial charge in [-0.1, -0.05) is 48.9 Å². The number of nitrogens with zero attached hydrogens (tertiary/aromatic N) is 2. The van der Waals surface area contributed by atoms with Crippen LogP contribution in [0, 0.1) is 0 Å². The van der Waals surface area contributed by atoms with Gasteiger partial charge in [-0.2, -0.15) is 0 Å². The van der Waals surface area contributed by atoms with E-state index in [4.69, 9.17) is 11.6 Å². The summed E-state index contributed by atoms with van der Waals surface area (Å²) >= 11 is 6.03. The van der Waals surface area contributed by atoms with E-state index in [2.05, 4.69) is 9.97 Å². The quantitative estimate of drug-likeness (QED) is 0.497. The molecule has 3 aromatic carbocycles. The molecule has 0 aliphatic rings. The molecule has 6 nitrogen and oxygen atoms in total. The molecule has 1 heterocycles. The molecule has 0 atom stereocenters. The summed E-state index contributed by atoms with van der Waals surface area (Å²) in [5.74, 6) is -0.0169. The van der Waals surface area contributed by atoms with Crippen molar-refractivity contribution in [2.75, 3.05) is 6.54 Å². The fourth-order valence-electron chi connectivity index (χ4n) is 3.54. The molecule has 4 rings (SSSR count). The first-order valence-electron chi connectivity index (χ1n) is 9.66. The van der Waals surface area contributed by atoms with Crippen molar-refractivity contribution in [2.24, 2.45) is 0 Å². The summed E-state index contributed by atoms with van der Waals surface area (Å²) in [6, 6.07) is 15.7. The number of phenols is 1. The molecular weight excluding hydrogens is 402 g/mol. The highest BCUT2D eigenvalue weighted by atomic mass is 35.5. The zero-order valence-electron chi connectivity index (χ0n) is 16.4. The van der Waals surface area contributed by atoms with E-state index in [1.807, 2.05) is 31.2 Å². The zero-order chi connectivity index (χ0) is 21.3. The molecule has 152 valence electrons. The zero-order valence-corrected chi connectivity index (χ0v) is 17.1. The van der Waals surface area contributed by atoms with Crippen LogP contribution in [-0.2, 0) is 6.54 Å². The first-order valence-corrected chi connectivity index (χ1v) is 10.0. The number of nitrogens with one attached hydrogen (secondary N) is 1. The topological polar surface area (TPSA) is 86.3 Å². The third-order valence-electron chi connectivity index (χ3n) is 4.97. The molecule has 0 saturated carbocycles. The van der Waals surface area contributed by atoms with Gasteiger partial charge >= 0.3 is 0 Å². The van der Waals surface area contributed by atoms with Gasteiger partial charge in [-0.25, -0.2) is 4.98 Å². The molecule has 0 bridgehead atoms. The summed E-state index contributed by atoms with van der Waals surface area (Å²) in [5, 5.41) is 13.1. The van der Waals surface area contributed by atoms with E-state index < -0.39 is 0 Å². The fourth-order valence-corrected chi connectivity index (χ4v) is 3.70. The van der Waals surface area contributed by atoms with Gasteiger partial charge < -0.3 is 15.0 Å². The molecule has 0 unspecified atom stereocenters. The Kier molecular flexibility index (Phi) is 5.42. The number of amides is 1. The monoisotopic (exact) mass is 421 g/mol. The highest BCUT2D eigenvalue weighted by Crippen LogP contribution is 2.29. The van der Waals surface area contributed by atoms with E-state index in [1.54, 1.807) is 35.2 Å². The second-order valence-corrected chi connectivity index (χ2v) is 7.52. The van der Waals surface area contributed by atoms with Crippen molar-refractivity contribution in [1.29, 1.82) is 0 Å². The molecule has 0 fully saturated rings. The molecule has 4 aromatic rings. The number of aromatic hydroxyl groups is 1. The molecular formula is C23H20ClN3O3. The molecule has 0 aliphatic carbocycles. The van der Waals surface area contributed by atoms with E-state index in [-0.39, 0.29) is 29.3 Å². The Hall–Kier alpha value is -3.38. The highest BCUT2D eigenvalue weighted by Gasteiger charge is 2.21. The minimum atomic E-state index is -0.325. The van der Waals surface area contributed by atoms with Crippen molar-refractivity contribution in [3.8, 4) is 5.75 Å². The van der Waals surface area contributed by atoms with Crippen LogP contribution in [0.5, 0.6) is 5.75 Å². The van der Waals surface area contributed by atoms with E-state index in [0.717, 1.165) is 5.39 Å². The Morgan fingerprint density at radius 2 is 1.93 bits per heavy atom. The van der Waals surface area contributed by atoms with Crippen LogP contribution in [-0.4, -0.2) is 32.4 Å². The number of benzene rings is 3. The molecule has 1 aromatic heterocycles. The van der Waals surface area contributed by atoms with Gasteiger partial charge in [0, 0.05) is 17.0 Å². The number of hydrogen-bond donors (Lipinski definition) is 2. The fraction of sp³-hybridized carbons (Fsp3) is 0.174. The molecule has 0 radical (unpaired) electrons. The SMILES string of the molecule is CCCN(Cc1nc2cc(Cl)ccc2c(=O)[nH]1)C(=O)c1ccc2ccccc2c1O. The minimum Gasteiger partial charge on any atom is -0.506 e. The van der Waals surface area contributed by atoms with Crippen LogP contribution in [0.3, 0.4) is 0 Å². The predicted octanol–water partition coefficient (Wildman–Crippen LogP) is 4.49. The third-order valence-corrected chi connectivity index (χ3v) is 5.21. The highest BCUT2D eigenvalue weighted by molar-refractivity contribution is 6.31. The van der Waals surface area contributed by atoms with Crippen LogP contribution < -0.4 is 5.56 Å². The Morgan fingerprint density at radius 3 is 2.73 bits per heavy atom. The van der Waals surface area contributed by atoms with Crippen LogP contribution in [0.2, 0.25) is 5.02 Å². The molecule has 1 amide bonds. The number of H-pyrrole nitrogens is 1. The van der Waals surface area contributed by atoms with Crippen molar-refractivity contribution >= 4 is 39.2 Å². The molecule has 0 aliphatic heterocycles. The van der Waals surface area contributed by atoms with Crippen LogP contribution in [0.15, 0.2) is 59.4 Å². The number of aromatic amines is 1. The summed E-state index contributed by atoms with van der Waals surface area (Å²) in [4.78, 5) is 34.4. The molecule has 2 N–H and O–H groups in total. The van der Waals surface area contributed by atoms with E-state index in [1.165, 1.54) is 0 Å². The lowest BCUT2D eigenvalue weighted by Crippen LogP contribution is -2.33. The van der Waals surface area contributed by atoms with Crippen LogP contribution in [0.25, 0.3) is 21.7 Å². The van der Waals surface area contributed by atoms with Gasteiger partial charge in [0.15, 0.2) is 0 Å². The largest absolute Gasteiger partial charge is 0.506 e. The lowest BCUT2D eigenvalue weighted by Gasteiger charge is -2.22. The smallest absolute Gasteiger partial charge is 0.258 e. The summed E-state index contributed by atoms with van der Waals surface area (Å²) in [5.41, 5.74) is 0.399. The van der Waals surface area contributed by atoms with E-state index >= 15 is 0 Å². The normalized spacial score (nSPS) is 11.1. The lowest BCUT2D eigenvalue weighted by molar-refractivity contribution is 0.0736. The first-order chi connectivity index (χ1) is 14.5. The van der Waals surface area contributed by atoms with Crippen LogP contribution in [0.1, 0.15) is 29.5 Å². The minimum absolute atomic E-state index is 0.0500. The van der Waals surface area contributed by atoms with Gasteiger partial charge in [0.05, 0.1) is 23.0 Å². The Labute approximate surface area is 177 Å². The standard InChI is InChI=1S/C23H20ClN3O3/c1-2-11-27(13-20-25-19-12-15(24)8-10-17(19)22(29)26-20)23(30)18-9-7-14-5-3-4-6-16(14)21(18)28/h3-10,12,28H,2,11,13H2,1H3,(H,25,26,29). The summed E-state index contributed by atoms with van der Waals surface area (Å²) < 4.78 is 0. The van der Waals surface area contributed by atoms with Gasteiger partial charge in [-0.15, -0.1) is 0 Å². The van der Waals surface area contributed by atoms with Crippen LogP contribution in [0.4, 0.5) is 0 Å². The van der Waals surface area contributed by atoms with E-state index in [9.17, 15) is 14.7 Å². The number of fused-ring (bicyclic) bond motifs is 2. The summed E-state index contributed by atoms with van der Waals surface area (Å²) in [6.45, 7) is 2.51. The van der Waals surface area contributed by atoms with Gasteiger partial charge in [-0.3, -0.25) is 9.59 Å². The van der Waals surface area contributed by atoms with Gasteiger partial charge in [0.2, 0.25) is 0 Å². The number of halogens is 1. The maximum Gasteiger partial charge on any atom is 0.258 e. The third kappa shape index (κ3) is 3.74. The second-order valence-electron chi connectivity index (χ2n) is 7.08. The lowest BCUT2D eigenvalue weighted by atomic mass is 10.0. The number of carbonyl (C=O) groups excluding carboxylic acids is 1. The molecule has 30 heavy (non-hydrogen) atoms. The molecule has 7 heteroatoms. The summed E-state index contributed by atoms with van der Waals surface area (Å²) in [6.07, 6.45) is 0.712. The molecule has 0 spiro atoms.